The van der Waals surface area contributed by atoms with Gasteiger partial charge in [0.15, 0.2) is 0 Å². The molecule has 1 aromatic rings. The quantitative estimate of drug-likeness (QED) is 0.814. The second kappa shape index (κ2) is 7.63. The molecule has 4 nitrogen and oxygen atoms in total. The maximum atomic E-state index is 12.0. The Morgan fingerprint density at radius 1 is 1.36 bits per heavy atom. The van der Waals surface area contributed by atoms with Gasteiger partial charge >= 0.3 is 0 Å². The number of para-hydroxylation sites is 1. The van der Waals surface area contributed by atoms with Gasteiger partial charge in [0.05, 0.1) is 7.11 Å². The lowest BCUT2D eigenvalue weighted by Gasteiger charge is -2.31. The number of ether oxygens (including phenoxy) is 1. The van der Waals surface area contributed by atoms with Crippen LogP contribution >= 0.6 is 0 Å². The van der Waals surface area contributed by atoms with E-state index in [0.717, 1.165) is 25.0 Å². The highest BCUT2D eigenvalue weighted by atomic mass is 16.5. The van der Waals surface area contributed by atoms with Gasteiger partial charge in [0.25, 0.3) is 0 Å². The summed E-state index contributed by atoms with van der Waals surface area (Å²) in [5.74, 6) is 1.02. The second-order valence-electron chi connectivity index (χ2n) is 6.48. The first-order chi connectivity index (χ1) is 10.6. The summed E-state index contributed by atoms with van der Waals surface area (Å²) in [6, 6.07) is 8.26. The number of hydrogen-bond donors (Lipinski definition) is 2. The molecule has 1 fully saturated rings. The molecule has 1 atom stereocenters. The Morgan fingerprint density at radius 3 is 2.68 bits per heavy atom. The Hall–Kier alpha value is -1.55. The highest BCUT2D eigenvalue weighted by molar-refractivity contribution is 5.76. The van der Waals surface area contributed by atoms with E-state index in [0.29, 0.717) is 13.0 Å². The molecule has 1 aliphatic rings. The Balaban J connectivity index is 2.07. The molecule has 1 aliphatic carbocycles. The van der Waals surface area contributed by atoms with E-state index < -0.39 is 0 Å². The fourth-order valence-electron chi connectivity index (χ4n) is 3.39. The van der Waals surface area contributed by atoms with E-state index >= 15 is 0 Å². The summed E-state index contributed by atoms with van der Waals surface area (Å²) in [4.78, 5) is 12.0. The van der Waals surface area contributed by atoms with E-state index in [9.17, 15) is 4.79 Å². The van der Waals surface area contributed by atoms with Gasteiger partial charge in [-0.1, -0.05) is 31.0 Å². The van der Waals surface area contributed by atoms with Crippen molar-refractivity contribution in [3.63, 3.8) is 0 Å². The van der Waals surface area contributed by atoms with E-state index in [1.165, 1.54) is 18.4 Å². The van der Waals surface area contributed by atoms with Crippen molar-refractivity contribution < 1.29 is 9.53 Å². The molecule has 3 N–H and O–H groups in total. The molecule has 1 aromatic carbocycles. The SMILES string of the molecule is COc1ccccc1C1(CNC(=O)CCC(C)N)CCCC1. The standard InChI is InChI=1S/C18H28N2O2/c1-14(19)9-10-17(21)20-13-18(11-5-6-12-18)15-7-3-4-8-16(15)22-2/h3-4,7-8,14H,5-6,9-13,19H2,1-2H3,(H,20,21). The number of nitrogens with one attached hydrogen (secondary N) is 1. The minimum absolute atomic E-state index is 0.0105. The molecule has 0 radical (unpaired) electrons. The summed E-state index contributed by atoms with van der Waals surface area (Å²) in [5, 5.41) is 3.12. The van der Waals surface area contributed by atoms with Gasteiger partial charge in [0.2, 0.25) is 5.91 Å². The van der Waals surface area contributed by atoms with Crippen LogP contribution in [0.4, 0.5) is 0 Å². The molecule has 0 spiro atoms. The van der Waals surface area contributed by atoms with E-state index in [2.05, 4.69) is 17.4 Å². The predicted octanol–water partition coefficient (Wildman–Crippen LogP) is 2.75. The smallest absolute Gasteiger partial charge is 0.220 e. The van der Waals surface area contributed by atoms with Crippen molar-refractivity contribution in [1.82, 2.24) is 5.32 Å². The monoisotopic (exact) mass is 304 g/mol. The van der Waals surface area contributed by atoms with Crippen LogP contribution in [0.5, 0.6) is 5.75 Å². The fourth-order valence-corrected chi connectivity index (χ4v) is 3.39. The van der Waals surface area contributed by atoms with Crippen LogP contribution in [0, 0.1) is 0 Å². The lowest BCUT2D eigenvalue weighted by molar-refractivity contribution is -0.121. The number of amides is 1. The highest BCUT2D eigenvalue weighted by Crippen LogP contribution is 2.44. The van der Waals surface area contributed by atoms with Crippen LogP contribution in [0.15, 0.2) is 24.3 Å². The van der Waals surface area contributed by atoms with Crippen molar-refractivity contribution in [3.8, 4) is 5.75 Å². The molecule has 1 unspecified atom stereocenters. The van der Waals surface area contributed by atoms with Gasteiger partial charge in [0.1, 0.15) is 5.75 Å². The fraction of sp³-hybridized carbons (Fsp3) is 0.611. The summed E-state index contributed by atoms with van der Waals surface area (Å²) in [6.07, 6.45) is 5.83. The first-order valence-electron chi connectivity index (χ1n) is 8.23. The van der Waals surface area contributed by atoms with Crippen molar-refractivity contribution >= 4 is 5.91 Å². The second-order valence-corrected chi connectivity index (χ2v) is 6.48. The zero-order valence-electron chi connectivity index (χ0n) is 13.7. The summed E-state index contributed by atoms with van der Waals surface area (Å²) >= 11 is 0. The Kier molecular flexibility index (Phi) is 5.83. The molecule has 0 aliphatic heterocycles. The zero-order valence-corrected chi connectivity index (χ0v) is 13.7. The molecule has 122 valence electrons. The van der Waals surface area contributed by atoms with Crippen LogP contribution in [-0.2, 0) is 10.2 Å². The van der Waals surface area contributed by atoms with Crippen molar-refractivity contribution in [2.24, 2.45) is 5.73 Å². The summed E-state index contributed by atoms with van der Waals surface area (Å²) in [6.45, 7) is 2.62. The molecule has 1 saturated carbocycles. The normalized spacial score (nSPS) is 18.0. The molecule has 0 bridgehead atoms. The molecule has 0 aromatic heterocycles. The minimum atomic E-state index is 0.0105. The van der Waals surface area contributed by atoms with Crippen LogP contribution in [0.25, 0.3) is 0 Å². The van der Waals surface area contributed by atoms with Gasteiger partial charge in [-0.3, -0.25) is 4.79 Å². The molecular weight excluding hydrogens is 276 g/mol. The Morgan fingerprint density at radius 2 is 2.05 bits per heavy atom. The van der Waals surface area contributed by atoms with Crippen LogP contribution < -0.4 is 15.8 Å². The van der Waals surface area contributed by atoms with Gasteiger partial charge < -0.3 is 15.8 Å². The third kappa shape index (κ3) is 4.01. The first kappa shape index (κ1) is 16.8. The number of rotatable bonds is 7. The van der Waals surface area contributed by atoms with Crippen LogP contribution in [0.1, 0.15) is 51.0 Å². The highest BCUT2D eigenvalue weighted by Gasteiger charge is 2.37. The number of hydrogen-bond acceptors (Lipinski definition) is 3. The molecule has 1 amide bonds. The van der Waals surface area contributed by atoms with Crippen molar-refractivity contribution in [2.45, 2.75) is 56.9 Å². The lowest BCUT2D eigenvalue weighted by Crippen LogP contribution is -2.39. The summed E-state index contributed by atoms with van der Waals surface area (Å²) in [5.41, 5.74) is 6.95. The number of benzene rings is 1. The van der Waals surface area contributed by atoms with E-state index in [4.69, 9.17) is 10.5 Å². The topological polar surface area (TPSA) is 64.3 Å². The number of carbonyl (C=O) groups is 1. The first-order valence-corrected chi connectivity index (χ1v) is 8.23. The van der Waals surface area contributed by atoms with Crippen molar-refractivity contribution in [3.05, 3.63) is 29.8 Å². The van der Waals surface area contributed by atoms with Crippen LogP contribution in [0.3, 0.4) is 0 Å². The molecule has 2 rings (SSSR count). The lowest BCUT2D eigenvalue weighted by atomic mass is 9.78. The van der Waals surface area contributed by atoms with Crippen LogP contribution in [0.2, 0.25) is 0 Å². The zero-order chi connectivity index (χ0) is 16.0. The van der Waals surface area contributed by atoms with E-state index in [-0.39, 0.29) is 17.4 Å². The van der Waals surface area contributed by atoms with Crippen molar-refractivity contribution in [1.29, 1.82) is 0 Å². The van der Waals surface area contributed by atoms with Crippen LogP contribution in [-0.4, -0.2) is 25.6 Å². The molecule has 4 heteroatoms. The molecule has 0 saturated heterocycles. The summed E-state index contributed by atoms with van der Waals surface area (Å²) < 4.78 is 5.54. The number of nitrogens with two attached hydrogens (primary N) is 1. The number of methoxy groups -OCH3 is 1. The number of carbonyl (C=O) groups excluding carboxylic acids is 1. The average Bonchev–Trinajstić information content (AvgIpc) is 3.01. The minimum Gasteiger partial charge on any atom is -0.496 e. The maximum absolute atomic E-state index is 12.0. The molecular formula is C18H28N2O2. The maximum Gasteiger partial charge on any atom is 0.220 e. The van der Waals surface area contributed by atoms with E-state index in [1.54, 1.807) is 7.11 Å². The van der Waals surface area contributed by atoms with E-state index in [1.807, 2.05) is 19.1 Å². The molecule has 0 heterocycles. The van der Waals surface area contributed by atoms with Gasteiger partial charge in [-0.15, -0.1) is 0 Å². The largest absolute Gasteiger partial charge is 0.496 e. The molecule has 22 heavy (non-hydrogen) atoms. The predicted molar refractivity (Wildman–Crippen MR) is 89.0 cm³/mol. The van der Waals surface area contributed by atoms with Gasteiger partial charge in [-0.2, -0.15) is 0 Å². The van der Waals surface area contributed by atoms with Gasteiger partial charge in [-0.25, -0.2) is 0 Å². The third-order valence-corrected chi connectivity index (χ3v) is 4.69. The third-order valence-electron chi connectivity index (χ3n) is 4.69. The summed E-state index contributed by atoms with van der Waals surface area (Å²) in [7, 11) is 1.71. The Labute approximate surface area is 133 Å². The van der Waals surface area contributed by atoms with Crippen molar-refractivity contribution in [2.75, 3.05) is 13.7 Å². The average molecular weight is 304 g/mol. The Bertz CT molecular complexity index is 494. The van der Waals surface area contributed by atoms with Gasteiger partial charge in [-0.05, 0) is 32.3 Å². The van der Waals surface area contributed by atoms with Gasteiger partial charge in [0, 0.05) is 30.0 Å².